The summed E-state index contributed by atoms with van der Waals surface area (Å²) in [5.74, 6) is -1.14. The molecule has 0 aliphatic heterocycles. The van der Waals surface area contributed by atoms with Crippen molar-refractivity contribution >= 4 is 33.9 Å². The van der Waals surface area contributed by atoms with Gasteiger partial charge in [-0.3, -0.25) is 9.20 Å². The summed E-state index contributed by atoms with van der Waals surface area (Å²) in [6, 6.07) is 2.15. The molecule has 0 saturated carbocycles. The Hall–Kier alpha value is -2.88. The van der Waals surface area contributed by atoms with Crippen LogP contribution in [0.2, 0.25) is 0 Å². The normalized spacial score (nSPS) is 13.8. The number of carbonyl (C=O) groups is 2. The van der Waals surface area contributed by atoms with Crippen molar-refractivity contribution in [3.05, 3.63) is 51.3 Å². The van der Waals surface area contributed by atoms with E-state index in [9.17, 15) is 22.8 Å². The lowest BCUT2D eigenvalue weighted by Gasteiger charge is -2.12. The number of aryl methyl sites for hydroxylation is 2. The Kier molecular flexibility index (Phi) is 5.50. The summed E-state index contributed by atoms with van der Waals surface area (Å²) in [6.07, 6.45) is -0.225. The van der Waals surface area contributed by atoms with E-state index in [1.54, 1.807) is 13.8 Å². The van der Waals surface area contributed by atoms with E-state index in [4.69, 9.17) is 4.74 Å². The highest BCUT2D eigenvalue weighted by atomic mass is 32.1. The van der Waals surface area contributed by atoms with Crippen LogP contribution in [0.3, 0.4) is 0 Å². The van der Waals surface area contributed by atoms with Gasteiger partial charge in [-0.15, -0.1) is 11.3 Å². The molecular weight excluding hydrogens is 431 g/mol. The van der Waals surface area contributed by atoms with Crippen LogP contribution in [0, 0.1) is 6.92 Å². The van der Waals surface area contributed by atoms with E-state index >= 15 is 0 Å². The van der Waals surface area contributed by atoms with Crippen LogP contribution in [0.5, 0.6) is 0 Å². The largest absolute Gasteiger partial charge is 0.462 e. The molecule has 0 unspecified atom stereocenters. The van der Waals surface area contributed by atoms with Crippen molar-refractivity contribution in [1.29, 1.82) is 0 Å². The van der Waals surface area contributed by atoms with E-state index in [0.717, 1.165) is 52.8 Å². The Labute approximate surface area is 180 Å². The molecule has 10 heteroatoms. The maximum Gasteiger partial charge on any atom is 0.417 e. The van der Waals surface area contributed by atoms with Gasteiger partial charge >= 0.3 is 12.1 Å². The summed E-state index contributed by atoms with van der Waals surface area (Å²) in [4.78, 5) is 30.9. The van der Waals surface area contributed by atoms with Gasteiger partial charge < -0.3 is 10.1 Å². The fraction of sp³-hybridized carbons (Fsp3) is 0.381. The van der Waals surface area contributed by atoms with E-state index in [-0.39, 0.29) is 23.6 Å². The number of rotatable bonds is 4. The number of fused-ring (bicyclic) bond motifs is 2. The minimum absolute atomic E-state index is 0.0118. The molecule has 3 heterocycles. The summed E-state index contributed by atoms with van der Waals surface area (Å²) in [6.45, 7) is 3.46. The first kappa shape index (κ1) is 21.4. The van der Waals surface area contributed by atoms with Crippen LogP contribution in [0.4, 0.5) is 18.2 Å². The molecule has 6 nitrogen and oxygen atoms in total. The zero-order chi connectivity index (χ0) is 22.3. The molecule has 164 valence electrons. The second-order valence-electron chi connectivity index (χ2n) is 7.28. The number of alkyl halides is 3. The number of ether oxygens (including phenoxy) is 1. The number of carbonyl (C=O) groups excluding carboxylic acids is 2. The second-order valence-corrected chi connectivity index (χ2v) is 8.38. The Morgan fingerprint density at radius 2 is 2.00 bits per heavy atom. The van der Waals surface area contributed by atoms with Gasteiger partial charge in [0.25, 0.3) is 5.91 Å². The molecule has 0 atom stereocenters. The standard InChI is InChI=1S/C21H20F3N3O3S/c1-3-30-20(29)16-13-6-4-5-7-14(13)31-19(16)26-18(28)17-11(2)25-15-9-8-12(10-27(15)17)21(22,23)24/h8-10H,3-7H2,1-2H3,(H,26,28). The molecule has 0 saturated heterocycles. The average Bonchev–Trinajstić information content (AvgIpc) is 3.22. The Bertz CT molecular complexity index is 1180. The second kappa shape index (κ2) is 7.99. The summed E-state index contributed by atoms with van der Waals surface area (Å²) in [5, 5.41) is 3.10. The van der Waals surface area contributed by atoms with Gasteiger partial charge in [-0.05, 0) is 57.2 Å². The lowest BCUT2D eigenvalue weighted by Crippen LogP contribution is -2.18. The van der Waals surface area contributed by atoms with Crippen LogP contribution in [0.25, 0.3) is 5.65 Å². The van der Waals surface area contributed by atoms with Gasteiger partial charge in [-0.25, -0.2) is 9.78 Å². The third kappa shape index (κ3) is 3.91. The molecule has 0 aromatic carbocycles. The molecule has 0 fully saturated rings. The fourth-order valence-electron chi connectivity index (χ4n) is 3.84. The van der Waals surface area contributed by atoms with Crippen molar-refractivity contribution in [1.82, 2.24) is 9.38 Å². The number of imidazole rings is 1. The maximum atomic E-state index is 13.2. The quantitative estimate of drug-likeness (QED) is 0.565. The smallest absolute Gasteiger partial charge is 0.417 e. The molecule has 31 heavy (non-hydrogen) atoms. The number of pyridine rings is 1. The van der Waals surface area contributed by atoms with Crippen molar-refractivity contribution in [2.24, 2.45) is 0 Å². The molecular formula is C21H20F3N3O3S. The third-order valence-electron chi connectivity index (χ3n) is 5.21. The molecule has 3 aromatic rings. The van der Waals surface area contributed by atoms with Crippen LogP contribution >= 0.6 is 11.3 Å². The van der Waals surface area contributed by atoms with E-state index in [0.29, 0.717) is 10.6 Å². The van der Waals surface area contributed by atoms with Gasteiger partial charge in [-0.1, -0.05) is 0 Å². The van der Waals surface area contributed by atoms with Crippen LogP contribution < -0.4 is 5.32 Å². The number of hydrogen-bond acceptors (Lipinski definition) is 5. The predicted molar refractivity (Wildman–Crippen MR) is 110 cm³/mol. The topological polar surface area (TPSA) is 72.7 Å². The third-order valence-corrected chi connectivity index (χ3v) is 6.42. The molecule has 1 aliphatic carbocycles. The Balaban J connectivity index is 1.75. The zero-order valence-electron chi connectivity index (χ0n) is 16.9. The first-order chi connectivity index (χ1) is 14.7. The highest BCUT2D eigenvalue weighted by Crippen LogP contribution is 2.39. The van der Waals surface area contributed by atoms with Gasteiger partial charge in [0, 0.05) is 11.1 Å². The number of halogens is 3. The van der Waals surface area contributed by atoms with Gasteiger partial charge in [-0.2, -0.15) is 13.2 Å². The van der Waals surface area contributed by atoms with Gasteiger partial charge in [0.2, 0.25) is 0 Å². The number of aromatic nitrogens is 2. The number of thiophene rings is 1. The summed E-state index contributed by atoms with van der Waals surface area (Å²) in [7, 11) is 0. The molecule has 1 aliphatic rings. The van der Waals surface area contributed by atoms with Crippen molar-refractivity contribution < 1.29 is 27.5 Å². The number of esters is 1. The first-order valence-electron chi connectivity index (χ1n) is 9.89. The molecule has 1 N–H and O–H groups in total. The number of nitrogens with one attached hydrogen (secondary N) is 1. The molecule has 0 spiro atoms. The monoisotopic (exact) mass is 451 g/mol. The van der Waals surface area contributed by atoms with Crippen LogP contribution in [0.1, 0.15) is 62.3 Å². The maximum absolute atomic E-state index is 13.2. The fourth-order valence-corrected chi connectivity index (χ4v) is 5.11. The minimum Gasteiger partial charge on any atom is -0.462 e. The van der Waals surface area contributed by atoms with Gasteiger partial charge in [0.05, 0.1) is 23.4 Å². The van der Waals surface area contributed by atoms with E-state index in [1.165, 1.54) is 17.4 Å². The Morgan fingerprint density at radius 1 is 1.26 bits per heavy atom. The van der Waals surface area contributed by atoms with Crippen LogP contribution in [-0.2, 0) is 23.8 Å². The van der Waals surface area contributed by atoms with Crippen LogP contribution in [0.15, 0.2) is 18.3 Å². The molecule has 3 aromatic heterocycles. The van der Waals surface area contributed by atoms with Crippen molar-refractivity contribution in [3.63, 3.8) is 0 Å². The van der Waals surface area contributed by atoms with Crippen molar-refractivity contribution in [2.45, 2.75) is 45.7 Å². The van der Waals surface area contributed by atoms with Gasteiger partial charge in [0.15, 0.2) is 0 Å². The predicted octanol–water partition coefficient (Wildman–Crippen LogP) is 5.03. The Morgan fingerprint density at radius 3 is 2.71 bits per heavy atom. The van der Waals surface area contributed by atoms with E-state index < -0.39 is 23.6 Å². The summed E-state index contributed by atoms with van der Waals surface area (Å²) in [5.41, 5.74) is 0.853. The van der Waals surface area contributed by atoms with Crippen molar-refractivity contribution in [3.8, 4) is 0 Å². The minimum atomic E-state index is -4.55. The van der Waals surface area contributed by atoms with E-state index in [1.807, 2.05) is 0 Å². The summed E-state index contributed by atoms with van der Waals surface area (Å²) < 4.78 is 45.8. The zero-order valence-corrected chi connectivity index (χ0v) is 17.7. The average molecular weight is 451 g/mol. The van der Waals surface area contributed by atoms with Gasteiger partial charge in [0.1, 0.15) is 16.3 Å². The molecule has 1 amide bonds. The van der Waals surface area contributed by atoms with Crippen LogP contribution in [-0.4, -0.2) is 27.9 Å². The highest BCUT2D eigenvalue weighted by Gasteiger charge is 2.32. The number of hydrogen-bond donors (Lipinski definition) is 1. The van der Waals surface area contributed by atoms with E-state index in [2.05, 4.69) is 10.3 Å². The lowest BCUT2D eigenvalue weighted by molar-refractivity contribution is -0.137. The lowest BCUT2D eigenvalue weighted by atomic mass is 9.95. The summed E-state index contributed by atoms with van der Waals surface area (Å²) >= 11 is 1.32. The highest BCUT2D eigenvalue weighted by molar-refractivity contribution is 7.17. The molecule has 0 radical (unpaired) electrons. The SMILES string of the molecule is CCOC(=O)c1c(NC(=O)c2c(C)nc3ccc(C(F)(F)F)cn23)sc2c1CCCC2. The molecule has 4 rings (SSSR count). The molecule has 0 bridgehead atoms. The van der Waals surface area contributed by atoms with Crippen molar-refractivity contribution in [2.75, 3.05) is 11.9 Å². The number of nitrogens with zero attached hydrogens (tertiary/aromatic N) is 2. The first-order valence-corrected chi connectivity index (χ1v) is 10.7. The number of anilines is 1. The number of amides is 1.